The topological polar surface area (TPSA) is 20.2 Å². The van der Waals surface area contributed by atoms with Crippen LogP contribution < -0.4 is 5.46 Å². The molecule has 2 unspecified atom stereocenters. The largest absolute Gasteiger partial charge is 0.509 e. The number of benzene rings is 1. The van der Waals surface area contributed by atoms with Crippen LogP contribution in [0.5, 0.6) is 5.75 Å². The lowest BCUT2D eigenvalue weighted by Crippen LogP contribution is -2.05. The molecule has 3 heteroatoms. The first-order chi connectivity index (χ1) is 7.19. The minimum atomic E-state index is 0. The lowest BCUT2D eigenvalue weighted by atomic mass is 9.92. The van der Waals surface area contributed by atoms with E-state index < -0.39 is 0 Å². The number of phenolic OH excluding ortho intramolecular Hbond substituents is 1. The van der Waals surface area contributed by atoms with Gasteiger partial charge in [-0.3, -0.25) is 0 Å². The van der Waals surface area contributed by atoms with Crippen molar-refractivity contribution in [1.29, 1.82) is 0 Å². The van der Waals surface area contributed by atoms with Crippen molar-refractivity contribution < 1.29 is 5.11 Å². The predicted octanol–water partition coefficient (Wildman–Crippen LogP) is 3.61. The van der Waals surface area contributed by atoms with Crippen LogP contribution in [0.2, 0.25) is 0 Å². The average molecular weight is 238 g/mol. The van der Waals surface area contributed by atoms with Crippen molar-refractivity contribution in [1.82, 2.24) is 0 Å². The summed E-state index contributed by atoms with van der Waals surface area (Å²) in [6, 6.07) is 5.50. The SMILES string of the molecule is C.CC.[B]c1cc(C(CC)PC)ccc1O. The second-order valence-corrected chi connectivity index (χ2v) is 4.34. The number of phenols is 1. The maximum Gasteiger partial charge on any atom is 0.119 e. The molecule has 1 aromatic carbocycles. The predicted molar refractivity (Wildman–Crippen MR) is 78.8 cm³/mol. The Bertz CT molecular complexity index is 285. The summed E-state index contributed by atoms with van der Waals surface area (Å²) < 4.78 is 0. The molecular weight excluding hydrogens is 214 g/mol. The van der Waals surface area contributed by atoms with E-state index in [1.165, 1.54) is 5.56 Å². The zero-order chi connectivity index (χ0) is 11.8. The summed E-state index contributed by atoms with van der Waals surface area (Å²) in [5.74, 6) is 0.179. The highest BCUT2D eigenvalue weighted by Crippen LogP contribution is 2.34. The lowest BCUT2D eigenvalue weighted by Gasteiger charge is -2.13. The van der Waals surface area contributed by atoms with Gasteiger partial charge in [0.25, 0.3) is 0 Å². The molecule has 0 aliphatic rings. The van der Waals surface area contributed by atoms with Crippen LogP contribution in [0.25, 0.3) is 0 Å². The normalized spacial score (nSPS) is 11.5. The van der Waals surface area contributed by atoms with Gasteiger partial charge in [-0.2, -0.15) is 0 Å². The third-order valence-electron chi connectivity index (χ3n) is 2.21. The van der Waals surface area contributed by atoms with Crippen LogP contribution in [0.15, 0.2) is 18.2 Å². The van der Waals surface area contributed by atoms with E-state index in [2.05, 4.69) is 13.6 Å². The zero-order valence-electron chi connectivity index (χ0n) is 10.0. The zero-order valence-corrected chi connectivity index (χ0v) is 11.0. The van der Waals surface area contributed by atoms with Crippen LogP contribution in [0, 0.1) is 0 Å². The molecule has 1 rings (SSSR count). The smallest absolute Gasteiger partial charge is 0.119 e. The quantitative estimate of drug-likeness (QED) is 0.630. The number of aromatic hydroxyl groups is 1. The molecule has 0 aliphatic carbocycles. The molecule has 1 nitrogen and oxygen atoms in total. The van der Waals surface area contributed by atoms with Crippen molar-refractivity contribution in [3.05, 3.63) is 23.8 Å². The van der Waals surface area contributed by atoms with Crippen molar-refractivity contribution in [2.75, 3.05) is 6.66 Å². The molecule has 0 amide bonds. The van der Waals surface area contributed by atoms with E-state index in [4.69, 9.17) is 7.85 Å². The van der Waals surface area contributed by atoms with E-state index in [0.29, 0.717) is 11.1 Å². The molecule has 0 fully saturated rings. The Morgan fingerprint density at radius 1 is 1.38 bits per heavy atom. The van der Waals surface area contributed by atoms with Gasteiger partial charge in [-0.05, 0) is 24.7 Å². The molecule has 0 saturated carbocycles. The van der Waals surface area contributed by atoms with Gasteiger partial charge in [0.15, 0.2) is 0 Å². The molecular formula is C13H24BOP. The second kappa shape index (κ2) is 9.72. The van der Waals surface area contributed by atoms with E-state index in [0.717, 1.165) is 15.0 Å². The first-order valence-electron chi connectivity index (χ1n) is 5.44. The highest BCUT2D eigenvalue weighted by molar-refractivity contribution is 7.37. The molecule has 2 atom stereocenters. The Kier molecular flexibility index (Phi) is 10.9. The standard InChI is InChI=1S/C10H14BOP.C2H6.CH4/c1-3-10(13-2)7-4-5-9(12)8(11)6-7;1-2;/h4-6,10,12-13H,3H2,1-2H3;1-2H3;1H4. The van der Waals surface area contributed by atoms with Crippen LogP contribution in [-0.2, 0) is 0 Å². The summed E-state index contributed by atoms with van der Waals surface area (Å²) in [5.41, 5.74) is 2.30. The Balaban J connectivity index is 0. The van der Waals surface area contributed by atoms with Gasteiger partial charge in [0.1, 0.15) is 13.6 Å². The Labute approximate surface area is 104 Å². The molecule has 0 bridgehead atoms. The van der Waals surface area contributed by atoms with Gasteiger partial charge >= 0.3 is 0 Å². The first kappa shape index (κ1) is 17.9. The fourth-order valence-corrected chi connectivity index (χ4v) is 2.32. The number of rotatable bonds is 3. The van der Waals surface area contributed by atoms with E-state index >= 15 is 0 Å². The highest BCUT2D eigenvalue weighted by atomic mass is 31.1. The molecule has 90 valence electrons. The molecule has 16 heavy (non-hydrogen) atoms. The summed E-state index contributed by atoms with van der Waals surface area (Å²) in [5, 5.41) is 9.25. The average Bonchev–Trinajstić information content (AvgIpc) is 2.28. The summed E-state index contributed by atoms with van der Waals surface area (Å²) in [6.45, 7) is 8.36. The van der Waals surface area contributed by atoms with Crippen LogP contribution in [0.3, 0.4) is 0 Å². The minimum absolute atomic E-state index is 0. The van der Waals surface area contributed by atoms with Gasteiger partial charge < -0.3 is 5.11 Å². The fraction of sp³-hybridized carbons (Fsp3) is 0.538. The third kappa shape index (κ3) is 5.03. The van der Waals surface area contributed by atoms with E-state index in [1.54, 1.807) is 6.07 Å². The summed E-state index contributed by atoms with van der Waals surface area (Å²) >= 11 is 0. The maximum absolute atomic E-state index is 9.25. The summed E-state index contributed by atoms with van der Waals surface area (Å²) in [4.78, 5) is 0. The van der Waals surface area contributed by atoms with Crippen molar-refractivity contribution in [3.63, 3.8) is 0 Å². The minimum Gasteiger partial charge on any atom is -0.509 e. The molecule has 0 aliphatic heterocycles. The third-order valence-corrected chi connectivity index (χ3v) is 3.65. The Morgan fingerprint density at radius 2 is 1.94 bits per heavy atom. The summed E-state index contributed by atoms with van der Waals surface area (Å²) in [6.07, 6.45) is 1.12. The fourth-order valence-electron chi connectivity index (χ4n) is 1.40. The van der Waals surface area contributed by atoms with Crippen LogP contribution in [0.1, 0.15) is 45.8 Å². The van der Waals surface area contributed by atoms with Gasteiger partial charge in [0.2, 0.25) is 0 Å². The summed E-state index contributed by atoms with van der Waals surface area (Å²) in [7, 11) is 6.50. The molecule has 0 aromatic heterocycles. The van der Waals surface area contributed by atoms with Crippen molar-refractivity contribution >= 4 is 21.9 Å². The highest BCUT2D eigenvalue weighted by Gasteiger charge is 2.07. The lowest BCUT2D eigenvalue weighted by molar-refractivity contribution is 0.479. The maximum atomic E-state index is 9.25. The Hall–Kier alpha value is -0.485. The second-order valence-electron chi connectivity index (χ2n) is 3.07. The van der Waals surface area contributed by atoms with Gasteiger partial charge in [-0.25, -0.2) is 0 Å². The van der Waals surface area contributed by atoms with Gasteiger partial charge in [0.05, 0.1) is 0 Å². The van der Waals surface area contributed by atoms with Gasteiger partial charge in [-0.1, -0.05) is 45.8 Å². The molecule has 0 spiro atoms. The van der Waals surface area contributed by atoms with Crippen molar-refractivity contribution in [2.24, 2.45) is 0 Å². The molecule has 0 heterocycles. The van der Waals surface area contributed by atoms with E-state index in [9.17, 15) is 5.11 Å². The van der Waals surface area contributed by atoms with Gasteiger partial charge in [-0.15, -0.1) is 8.58 Å². The Morgan fingerprint density at radius 3 is 2.31 bits per heavy atom. The monoisotopic (exact) mass is 238 g/mol. The molecule has 1 aromatic rings. The van der Waals surface area contributed by atoms with Crippen LogP contribution >= 0.6 is 8.58 Å². The van der Waals surface area contributed by atoms with Crippen molar-refractivity contribution in [2.45, 2.75) is 40.3 Å². The van der Waals surface area contributed by atoms with Crippen molar-refractivity contribution in [3.8, 4) is 5.75 Å². The molecule has 2 radical (unpaired) electrons. The molecule has 0 saturated heterocycles. The number of hydrogen-bond donors (Lipinski definition) is 1. The van der Waals surface area contributed by atoms with Crippen LogP contribution in [-0.4, -0.2) is 19.6 Å². The van der Waals surface area contributed by atoms with Crippen LogP contribution in [0.4, 0.5) is 0 Å². The molecule has 1 N–H and O–H groups in total. The van der Waals surface area contributed by atoms with E-state index in [1.807, 2.05) is 26.0 Å². The van der Waals surface area contributed by atoms with Gasteiger partial charge in [0, 0.05) is 5.66 Å². The van der Waals surface area contributed by atoms with E-state index in [-0.39, 0.29) is 13.2 Å². The first-order valence-corrected chi connectivity index (χ1v) is 7.02. The number of hydrogen-bond acceptors (Lipinski definition) is 1.